The van der Waals surface area contributed by atoms with Crippen LogP contribution in [0.3, 0.4) is 0 Å². The van der Waals surface area contributed by atoms with E-state index in [0.717, 1.165) is 129 Å². The minimum absolute atomic E-state index is 0.0105. The van der Waals surface area contributed by atoms with Crippen LogP contribution in [0.25, 0.3) is 76.8 Å². The fraction of sp³-hybridized carbons (Fsp3) is 0. The molecular weight excluding hydrogens is 878 g/mol. The fourth-order valence-corrected chi connectivity index (χ4v) is 12.2. The SMILES string of the molecule is c1cc(-c2ccc3c(c2)c(-c2cc4c5c(c2)Oc2ccccc2B5c2ccccc2O4)cc2ccccc23)cc(-c2cc3ccccc3cc2-c2cc3c4c(c2)Oc2ccccc2B4c2ccccc2O3)c1. The average molecular weight is 917 g/mol. The molecule has 12 aromatic rings. The molecule has 72 heavy (non-hydrogen) atoms. The summed E-state index contributed by atoms with van der Waals surface area (Å²) in [5, 5.41) is 7.07. The number of rotatable bonds is 4. The molecule has 0 radical (unpaired) electrons. The van der Waals surface area contributed by atoms with Gasteiger partial charge in [-0.1, -0.05) is 152 Å². The molecular formula is C66H38B2O4. The summed E-state index contributed by atoms with van der Waals surface area (Å²) in [7, 11) is 0. The fourth-order valence-electron chi connectivity index (χ4n) is 12.2. The van der Waals surface area contributed by atoms with Crippen LogP contribution >= 0.6 is 0 Å². The first kappa shape index (κ1) is 39.6. The van der Waals surface area contributed by atoms with E-state index < -0.39 is 0 Å². The Bertz CT molecular complexity index is 4190. The molecule has 12 aromatic carbocycles. The average Bonchev–Trinajstić information content (AvgIpc) is 3.44. The third-order valence-electron chi connectivity index (χ3n) is 15.5. The minimum Gasteiger partial charge on any atom is -0.458 e. The molecule has 4 aliphatic rings. The van der Waals surface area contributed by atoms with Crippen molar-refractivity contribution < 1.29 is 18.9 Å². The van der Waals surface area contributed by atoms with Crippen LogP contribution in [0.2, 0.25) is 0 Å². The molecule has 4 aliphatic heterocycles. The number of benzene rings is 12. The van der Waals surface area contributed by atoms with Gasteiger partial charge in [-0.2, -0.15) is 0 Å². The van der Waals surface area contributed by atoms with Gasteiger partial charge in [0, 0.05) is 10.9 Å². The van der Waals surface area contributed by atoms with Crippen LogP contribution in [0, 0.1) is 0 Å². The van der Waals surface area contributed by atoms with E-state index in [-0.39, 0.29) is 13.4 Å². The van der Waals surface area contributed by atoms with E-state index in [2.05, 4.69) is 218 Å². The van der Waals surface area contributed by atoms with E-state index in [1.807, 2.05) is 12.1 Å². The lowest BCUT2D eigenvalue weighted by atomic mass is 9.35. The van der Waals surface area contributed by atoms with E-state index in [0.29, 0.717) is 0 Å². The Hall–Kier alpha value is -9.25. The Morgan fingerprint density at radius 3 is 1.15 bits per heavy atom. The van der Waals surface area contributed by atoms with Gasteiger partial charge in [0.2, 0.25) is 0 Å². The second kappa shape index (κ2) is 15.1. The quantitative estimate of drug-likeness (QED) is 0.130. The highest BCUT2D eigenvalue weighted by Crippen LogP contribution is 2.45. The highest BCUT2D eigenvalue weighted by molar-refractivity contribution is 6.99. The lowest BCUT2D eigenvalue weighted by Gasteiger charge is -2.33. The van der Waals surface area contributed by atoms with Gasteiger partial charge >= 0.3 is 0 Å². The normalized spacial score (nSPS) is 13.1. The Morgan fingerprint density at radius 1 is 0.222 bits per heavy atom. The van der Waals surface area contributed by atoms with Crippen molar-refractivity contribution in [2.24, 2.45) is 0 Å². The van der Waals surface area contributed by atoms with Gasteiger partial charge in [-0.15, -0.1) is 0 Å². The summed E-state index contributed by atoms with van der Waals surface area (Å²) < 4.78 is 27.2. The molecule has 6 heteroatoms. The largest absolute Gasteiger partial charge is 0.458 e. The summed E-state index contributed by atoms with van der Waals surface area (Å²) in [6.07, 6.45) is 0. The first-order chi connectivity index (χ1) is 35.6. The molecule has 0 fully saturated rings. The third-order valence-corrected chi connectivity index (χ3v) is 15.5. The van der Waals surface area contributed by atoms with Crippen LogP contribution in [0.5, 0.6) is 46.0 Å². The predicted molar refractivity (Wildman–Crippen MR) is 296 cm³/mol. The van der Waals surface area contributed by atoms with Crippen molar-refractivity contribution in [3.05, 3.63) is 231 Å². The Morgan fingerprint density at radius 2 is 0.625 bits per heavy atom. The highest BCUT2D eigenvalue weighted by Gasteiger charge is 2.42. The van der Waals surface area contributed by atoms with Crippen molar-refractivity contribution in [1.82, 2.24) is 0 Å². The summed E-state index contributed by atoms with van der Waals surface area (Å²) in [6.45, 7) is 0.0229. The van der Waals surface area contributed by atoms with E-state index >= 15 is 0 Å². The van der Waals surface area contributed by atoms with E-state index in [9.17, 15) is 0 Å². The van der Waals surface area contributed by atoms with Crippen molar-refractivity contribution in [1.29, 1.82) is 0 Å². The molecule has 4 heterocycles. The van der Waals surface area contributed by atoms with Crippen LogP contribution in [0.4, 0.5) is 0 Å². The van der Waals surface area contributed by atoms with Gasteiger partial charge < -0.3 is 18.9 Å². The zero-order valence-corrected chi connectivity index (χ0v) is 38.7. The second-order valence-electron chi connectivity index (χ2n) is 19.4. The molecule has 0 aliphatic carbocycles. The van der Waals surface area contributed by atoms with Crippen LogP contribution in [-0.4, -0.2) is 13.4 Å². The van der Waals surface area contributed by atoms with E-state index in [1.54, 1.807) is 0 Å². The first-order valence-electron chi connectivity index (χ1n) is 24.7. The predicted octanol–water partition coefficient (Wildman–Crippen LogP) is 13.3. The third kappa shape index (κ3) is 5.90. The molecule has 0 saturated heterocycles. The molecule has 0 amide bonds. The van der Waals surface area contributed by atoms with Crippen molar-refractivity contribution in [2.75, 3.05) is 0 Å². The van der Waals surface area contributed by atoms with Crippen LogP contribution < -0.4 is 51.7 Å². The van der Waals surface area contributed by atoms with Gasteiger partial charge in [-0.25, -0.2) is 0 Å². The topological polar surface area (TPSA) is 36.9 Å². The maximum atomic E-state index is 6.80. The number of para-hydroxylation sites is 4. The Kier molecular flexibility index (Phi) is 8.31. The van der Waals surface area contributed by atoms with Crippen molar-refractivity contribution >= 4 is 78.5 Å². The zero-order chi connectivity index (χ0) is 47.0. The van der Waals surface area contributed by atoms with Gasteiger partial charge in [0.1, 0.15) is 46.0 Å². The Labute approximate surface area is 416 Å². The lowest BCUT2D eigenvalue weighted by Crippen LogP contribution is -2.57. The molecule has 16 rings (SSSR count). The molecule has 0 bridgehead atoms. The first-order valence-corrected chi connectivity index (χ1v) is 24.7. The number of fused-ring (bicyclic) bond motifs is 12. The molecule has 0 spiro atoms. The minimum atomic E-state index is 0.0105. The Balaban J connectivity index is 0.853. The smallest absolute Gasteiger partial charge is 0.260 e. The molecule has 0 N–H and O–H groups in total. The van der Waals surface area contributed by atoms with Crippen LogP contribution in [-0.2, 0) is 0 Å². The number of ether oxygens (including phenoxy) is 4. The zero-order valence-electron chi connectivity index (χ0n) is 38.7. The molecule has 0 saturated carbocycles. The molecule has 0 aromatic heterocycles. The van der Waals surface area contributed by atoms with Gasteiger partial charge in [0.25, 0.3) is 13.4 Å². The summed E-state index contributed by atoms with van der Waals surface area (Å²) in [4.78, 5) is 0. The standard InChI is InChI=1S/C66H38B2O4/c1-2-15-41-32-50(45-35-61-65-62(36-45)70-58-25-10-6-21-54(58)67(65)53-20-5-9-24-57(53)69-61)49(31-40(41)14-1)43-18-13-17-39(30-43)42-28-29-48-47-19-4-3-16-44(47)34-51(52(48)33-42)46-37-63-66-64(38-46)72-60-27-12-8-23-56(60)68(66)55-22-7-11-26-59(55)71-63/h1-38H. The van der Waals surface area contributed by atoms with E-state index in [1.165, 1.54) is 26.9 Å². The van der Waals surface area contributed by atoms with Crippen LogP contribution in [0.15, 0.2) is 231 Å². The summed E-state index contributed by atoms with van der Waals surface area (Å²) in [5.41, 5.74) is 15.5. The molecule has 0 atom stereocenters. The lowest BCUT2D eigenvalue weighted by molar-refractivity contribution is 0.464. The van der Waals surface area contributed by atoms with E-state index in [4.69, 9.17) is 18.9 Å². The van der Waals surface area contributed by atoms with Gasteiger partial charge in [-0.3, -0.25) is 0 Å². The molecule has 332 valence electrons. The highest BCUT2D eigenvalue weighted by atomic mass is 16.5. The second-order valence-corrected chi connectivity index (χ2v) is 19.4. The van der Waals surface area contributed by atoms with Gasteiger partial charge in [0.15, 0.2) is 0 Å². The molecule has 4 nitrogen and oxygen atoms in total. The summed E-state index contributed by atoms with van der Waals surface area (Å²) in [5.74, 6) is 6.81. The van der Waals surface area contributed by atoms with Crippen molar-refractivity contribution in [3.8, 4) is 90.5 Å². The maximum absolute atomic E-state index is 6.80. The number of hydrogen-bond acceptors (Lipinski definition) is 4. The van der Waals surface area contributed by atoms with Gasteiger partial charge in [0.05, 0.1) is 0 Å². The monoisotopic (exact) mass is 916 g/mol. The van der Waals surface area contributed by atoms with Gasteiger partial charge in [-0.05, 0) is 178 Å². The maximum Gasteiger partial charge on any atom is 0.260 e. The van der Waals surface area contributed by atoms with Crippen LogP contribution in [0.1, 0.15) is 0 Å². The van der Waals surface area contributed by atoms with Crippen molar-refractivity contribution in [2.45, 2.75) is 0 Å². The number of hydrogen-bond donors (Lipinski definition) is 0. The summed E-state index contributed by atoms with van der Waals surface area (Å²) in [6, 6.07) is 82.7. The van der Waals surface area contributed by atoms with Crippen molar-refractivity contribution in [3.63, 3.8) is 0 Å². The summed E-state index contributed by atoms with van der Waals surface area (Å²) >= 11 is 0. The molecule has 0 unspecified atom stereocenters.